The highest BCUT2D eigenvalue weighted by atomic mass is 32.2. The van der Waals surface area contributed by atoms with E-state index in [1.54, 1.807) is 32.9 Å². The van der Waals surface area contributed by atoms with Gasteiger partial charge in [-0.15, -0.1) is 0 Å². The lowest BCUT2D eigenvalue weighted by molar-refractivity contribution is -0.133. The molecule has 0 fully saturated rings. The van der Waals surface area contributed by atoms with Crippen molar-refractivity contribution >= 4 is 21.8 Å². The van der Waals surface area contributed by atoms with Gasteiger partial charge >= 0.3 is 6.09 Å². The maximum atomic E-state index is 13.1. The Balaban J connectivity index is 0.00000578. The molecule has 9 nitrogen and oxygen atoms in total. The molecule has 0 saturated heterocycles. The van der Waals surface area contributed by atoms with E-state index in [2.05, 4.69) is 5.32 Å². The largest absolute Gasteiger partial charge is 0.457 e. The summed E-state index contributed by atoms with van der Waals surface area (Å²) < 4.78 is 37.0. The quantitative estimate of drug-likeness (QED) is 0.368. The first-order valence-electron chi connectivity index (χ1n) is 10.2. The molecule has 0 aliphatic heterocycles. The third-order valence-electron chi connectivity index (χ3n) is 4.54. The zero-order valence-electron chi connectivity index (χ0n) is 19.3. The number of amides is 2. The Labute approximate surface area is 201 Å². The van der Waals surface area contributed by atoms with Crippen molar-refractivity contribution in [3.63, 3.8) is 0 Å². The van der Waals surface area contributed by atoms with Gasteiger partial charge in [-0.25, -0.2) is 18.7 Å². The van der Waals surface area contributed by atoms with Gasteiger partial charge in [-0.3, -0.25) is 10.0 Å². The summed E-state index contributed by atoms with van der Waals surface area (Å²) in [5, 5.41) is 11.5. The molecule has 0 aromatic heterocycles. The molecular weight excluding hydrogens is 460 g/mol. The average Bonchev–Trinajstić information content (AvgIpc) is 2.70. The Morgan fingerprint density at radius 3 is 1.97 bits per heavy atom. The number of carbonyl (C=O) groups excluding carboxylic acids is 2. The Morgan fingerprint density at radius 2 is 1.47 bits per heavy atom. The van der Waals surface area contributed by atoms with E-state index in [1.807, 2.05) is 18.2 Å². The smallest absolute Gasteiger partial charge is 0.408 e. The van der Waals surface area contributed by atoms with Crippen LogP contribution in [0.25, 0.3) is 0 Å². The Bertz CT molecular complexity index is 1060. The van der Waals surface area contributed by atoms with Gasteiger partial charge in [0.2, 0.25) is 0 Å². The number of alkyl carbamates (subject to hydrolysis) is 1. The van der Waals surface area contributed by atoms with Crippen LogP contribution in [0.5, 0.6) is 11.5 Å². The van der Waals surface area contributed by atoms with Gasteiger partial charge in [-0.05, 0) is 57.2 Å². The predicted octanol–water partition coefficient (Wildman–Crippen LogP) is 4.31. The number of ether oxygens (including phenoxy) is 2. The molecule has 188 valence electrons. The summed E-state index contributed by atoms with van der Waals surface area (Å²) in [6, 6.07) is 13.5. The fraction of sp³-hybridized carbons (Fsp3) is 0.417. The number of nitrogens with one attached hydrogen (secondary N) is 2. The summed E-state index contributed by atoms with van der Waals surface area (Å²) in [6.07, 6.45) is -0.913. The van der Waals surface area contributed by atoms with Gasteiger partial charge in [-0.2, -0.15) is 0 Å². The van der Waals surface area contributed by atoms with Gasteiger partial charge in [0.1, 0.15) is 23.1 Å². The molecule has 2 rings (SSSR count). The minimum Gasteiger partial charge on any atom is -0.457 e. The van der Waals surface area contributed by atoms with E-state index in [0.717, 1.165) is 0 Å². The molecule has 0 aliphatic carbocycles. The van der Waals surface area contributed by atoms with E-state index in [1.165, 1.54) is 43.6 Å². The summed E-state index contributed by atoms with van der Waals surface area (Å²) in [7, 11) is -3.87. The average molecular weight is 495 g/mol. The van der Waals surface area contributed by atoms with Crippen LogP contribution in [-0.4, -0.2) is 43.0 Å². The Kier molecular flexibility index (Phi) is 9.65. The van der Waals surface area contributed by atoms with E-state index in [9.17, 15) is 18.0 Å². The maximum Gasteiger partial charge on any atom is 0.408 e. The zero-order valence-corrected chi connectivity index (χ0v) is 20.1. The molecule has 0 bridgehead atoms. The minimum absolute atomic E-state index is 0. The van der Waals surface area contributed by atoms with Crippen LogP contribution in [0.15, 0.2) is 59.5 Å². The van der Waals surface area contributed by atoms with E-state index in [0.29, 0.717) is 11.5 Å². The number of rotatable bonds is 8. The monoisotopic (exact) mass is 494 g/mol. The van der Waals surface area contributed by atoms with Crippen molar-refractivity contribution in [3.05, 3.63) is 54.6 Å². The van der Waals surface area contributed by atoms with Crippen LogP contribution in [0, 0.1) is 5.41 Å². The third kappa shape index (κ3) is 8.35. The molecule has 3 N–H and O–H groups in total. The standard InChI is InChI=1S/C23H30N2O7S.CH4/c1-22(2,3)32-21(27)24-19(20(26)25-28)23(4,5)15-33(29,30)18-13-11-17(12-14-18)31-16-9-7-6-8-10-16;/h6-14,19,28H,15H2,1-5H3,(H,24,27)(H,25,26);1H4/t19-;/m1./s1. The highest BCUT2D eigenvalue weighted by molar-refractivity contribution is 7.91. The number of hydroxylamine groups is 1. The SMILES string of the molecule is C.CC(C)(C)OC(=O)N[C@H](C(=O)NO)C(C)(C)CS(=O)(=O)c1ccc(Oc2ccccc2)cc1. The number of hydrogen-bond acceptors (Lipinski definition) is 7. The van der Waals surface area contributed by atoms with Crippen LogP contribution in [0.3, 0.4) is 0 Å². The first-order chi connectivity index (χ1) is 15.2. The second-order valence-electron chi connectivity index (χ2n) is 9.19. The number of para-hydroxylation sites is 1. The van der Waals surface area contributed by atoms with Gasteiger partial charge in [0.15, 0.2) is 9.84 Å². The predicted molar refractivity (Wildman–Crippen MR) is 129 cm³/mol. The van der Waals surface area contributed by atoms with E-state index in [4.69, 9.17) is 14.7 Å². The lowest BCUT2D eigenvalue weighted by Crippen LogP contribution is -2.56. The van der Waals surface area contributed by atoms with Crippen LogP contribution in [0.4, 0.5) is 4.79 Å². The number of carbonyl (C=O) groups is 2. The van der Waals surface area contributed by atoms with Gasteiger partial charge in [0, 0.05) is 5.41 Å². The van der Waals surface area contributed by atoms with Crippen LogP contribution in [0.2, 0.25) is 0 Å². The number of sulfone groups is 1. The molecule has 0 heterocycles. The lowest BCUT2D eigenvalue weighted by atomic mass is 9.86. The van der Waals surface area contributed by atoms with Crippen molar-refractivity contribution in [2.75, 3.05) is 5.75 Å². The molecule has 34 heavy (non-hydrogen) atoms. The Hall–Kier alpha value is -3.11. The van der Waals surface area contributed by atoms with Gasteiger partial charge in [0.25, 0.3) is 5.91 Å². The molecule has 0 spiro atoms. The van der Waals surface area contributed by atoms with Gasteiger partial charge in [0.05, 0.1) is 10.6 Å². The van der Waals surface area contributed by atoms with Crippen molar-refractivity contribution in [2.24, 2.45) is 5.41 Å². The van der Waals surface area contributed by atoms with Crippen LogP contribution >= 0.6 is 0 Å². The topological polar surface area (TPSA) is 131 Å². The zero-order chi connectivity index (χ0) is 24.9. The summed E-state index contributed by atoms with van der Waals surface area (Å²) in [4.78, 5) is 24.5. The molecule has 1 atom stereocenters. The van der Waals surface area contributed by atoms with E-state index in [-0.39, 0.29) is 12.3 Å². The second-order valence-corrected chi connectivity index (χ2v) is 11.2. The van der Waals surface area contributed by atoms with Crippen LogP contribution in [0.1, 0.15) is 42.0 Å². The molecule has 0 unspecified atom stereocenters. The Morgan fingerprint density at radius 1 is 0.941 bits per heavy atom. The second kappa shape index (κ2) is 11.3. The third-order valence-corrected chi connectivity index (χ3v) is 6.65. The van der Waals surface area contributed by atoms with Crippen molar-refractivity contribution in [3.8, 4) is 11.5 Å². The molecule has 2 aromatic carbocycles. The number of hydrogen-bond donors (Lipinski definition) is 3. The van der Waals surface area contributed by atoms with Crippen molar-refractivity contribution in [2.45, 2.75) is 58.6 Å². The highest BCUT2D eigenvalue weighted by Crippen LogP contribution is 2.29. The van der Waals surface area contributed by atoms with Crippen LogP contribution in [-0.2, 0) is 19.4 Å². The first kappa shape index (κ1) is 28.9. The van der Waals surface area contributed by atoms with Crippen molar-refractivity contribution in [1.82, 2.24) is 10.8 Å². The lowest BCUT2D eigenvalue weighted by Gasteiger charge is -2.33. The minimum atomic E-state index is -3.87. The van der Waals surface area contributed by atoms with Gasteiger partial charge in [-0.1, -0.05) is 39.5 Å². The summed E-state index contributed by atoms with van der Waals surface area (Å²) in [5.41, 5.74) is -0.658. The number of benzene rings is 2. The fourth-order valence-corrected chi connectivity index (χ4v) is 4.97. The highest BCUT2D eigenvalue weighted by Gasteiger charge is 2.41. The molecule has 0 saturated carbocycles. The molecule has 2 aromatic rings. The van der Waals surface area contributed by atoms with Crippen molar-refractivity contribution < 1.29 is 32.7 Å². The fourth-order valence-electron chi connectivity index (χ4n) is 3.10. The van der Waals surface area contributed by atoms with Crippen molar-refractivity contribution in [1.29, 1.82) is 0 Å². The first-order valence-corrected chi connectivity index (χ1v) is 11.9. The molecule has 10 heteroatoms. The van der Waals surface area contributed by atoms with E-state index < -0.39 is 44.6 Å². The van der Waals surface area contributed by atoms with Gasteiger partial charge < -0.3 is 14.8 Å². The molecule has 0 radical (unpaired) electrons. The van der Waals surface area contributed by atoms with E-state index >= 15 is 0 Å². The summed E-state index contributed by atoms with van der Waals surface area (Å²) in [6.45, 7) is 7.93. The summed E-state index contributed by atoms with van der Waals surface area (Å²) >= 11 is 0. The molecular formula is C24H34N2O7S. The molecule has 2 amide bonds. The normalized spacial score (nSPS) is 12.6. The van der Waals surface area contributed by atoms with Crippen LogP contribution < -0.4 is 15.5 Å². The summed E-state index contributed by atoms with van der Waals surface area (Å²) in [5.74, 6) is -0.385. The maximum absolute atomic E-state index is 13.1. The molecule has 0 aliphatic rings.